The first kappa shape index (κ1) is 30.7. The molecular formula is C24H26F3N5O7. The van der Waals surface area contributed by atoms with E-state index in [1.807, 2.05) is 19.1 Å². The fourth-order valence-electron chi connectivity index (χ4n) is 3.28. The molecule has 210 valence electrons. The van der Waals surface area contributed by atoms with Crippen molar-refractivity contribution in [3.8, 4) is 0 Å². The predicted octanol–water partition coefficient (Wildman–Crippen LogP) is 2.79. The Morgan fingerprint density at radius 1 is 1.10 bits per heavy atom. The molecule has 2 rings (SSSR count). The third-order valence-electron chi connectivity index (χ3n) is 5.20. The van der Waals surface area contributed by atoms with Gasteiger partial charge in [0.1, 0.15) is 5.82 Å². The van der Waals surface area contributed by atoms with Crippen molar-refractivity contribution >= 4 is 35.3 Å². The first-order chi connectivity index (χ1) is 18.3. The summed E-state index contributed by atoms with van der Waals surface area (Å²) in [6.45, 7) is 3.16. The topological polar surface area (TPSA) is 170 Å². The Bertz CT molecular complexity index is 1240. The van der Waals surface area contributed by atoms with E-state index in [9.17, 15) is 42.5 Å². The molecule has 0 fully saturated rings. The first-order valence-electron chi connectivity index (χ1n) is 11.6. The number of nitro groups is 1. The summed E-state index contributed by atoms with van der Waals surface area (Å²) in [7, 11) is 0. The molecule has 0 radical (unpaired) electrons. The van der Waals surface area contributed by atoms with Crippen LogP contribution in [-0.4, -0.2) is 52.9 Å². The van der Waals surface area contributed by atoms with Gasteiger partial charge in [-0.3, -0.25) is 24.5 Å². The number of aromatic nitrogens is 1. The quantitative estimate of drug-likeness (QED) is 0.118. The average molecular weight is 553 g/mol. The van der Waals surface area contributed by atoms with E-state index in [0.29, 0.717) is 18.8 Å². The highest BCUT2D eigenvalue weighted by atomic mass is 19.4. The first-order valence-corrected chi connectivity index (χ1v) is 11.6. The molecule has 0 aliphatic heterocycles. The van der Waals surface area contributed by atoms with Crippen molar-refractivity contribution in [2.24, 2.45) is 0 Å². The van der Waals surface area contributed by atoms with Crippen LogP contribution in [0.2, 0.25) is 0 Å². The largest absolute Gasteiger partial charge is 0.491 e. The van der Waals surface area contributed by atoms with Gasteiger partial charge in [0.15, 0.2) is 0 Å². The molecule has 15 heteroatoms. The molecule has 0 spiro atoms. The van der Waals surface area contributed by atoms with E-state index in [0.717, 1.165) is 11.8 Å². The zero-order valence-electron chi connectivity index (χ0n) is 21.0. The Morgan fingerprint density at radius 3 is 2.46 bits per heavy atom. The van der Waals surface area contributed by atoms with Gasteiger partial charge in [0.2, 0.25) is 11.8 Å². The number of carbonyl (C=O) groups is 4. The van der Waals surface area contributed by atoms with E-state index >= 15 is 0 Å². The van der Waals surface area contributed by atoms with Gasteiger partial charge in [-0.15, -0.1) is 0 Å². The summed E-state index contributed by atoms with van der Waals surface area (Å²) >= 11 is 0. The molecule has 0 aliphatic rings. The molecule has 12 nitrogen and oxygen atoms in total. The van der Waals surface area contributed by atoms with Crippen molar-refractivity contribution in [1.82, 2.24) is 15.6 Å². The number of esters is 2. The van der Waals surface area contributed by atoms with Crippen LogP contribution >= 0.6 is 0 Å². The molecule has 1 atom stereocenters. The van der Waals surface area contributed by atoms with Crippen LogP contribution in [0.5, 0.6) is 0 Å². The molecule has 2 aromatic rings. The number of benzene rings is 1. The van der Waals surface area contributed by atoms with E-state index in [4.69, 9.17) is 0 Å². The van der Waals surface area contributed by atoms with Crippen LogP contribution in [0.1, 0.15) is 42.1 Å². The summed E-state index contributed by atoms with van der Waals surface area (Å²) in [6, 6.07) is 7.71. The van der Waals surface area contributed by atoms with Crippen molar-refractivity contribution in [2.45, 2.75) is 45.3 Å². The number of carbonyl (C=O) groups excluding carboxylic acids is 4. The lowest BCUT2D eigenvalue weighted by Gasteiger charge is -2.19. The summed E-state index contributed by atoms with van der Waals surface area (Å²) in [6.07, 6.45) is -5.89. The Labute approximate surface area is 220 Å². The van der Waals surface area contributed by atoms with E-state index in [2.05, 4.69) is 25.7 Å². The fourth-order valence-corrected chi connectivity index (χ4v) is 3.28. The highest BCUT2D eigenvalue weighted by Crippen LogP contribution is 2.26. The third kappa shape index (κ3) is 10.4. The van der Waals surface area contributed by atoms with Crippen molar-refractivity contribution in [3.63, 3.8) is 0 Å². The van der Waals surface area contributed by atoms with Gasteiger partial charge in [-0.05, 0) is 38.0 Å². The molecule has 1 aromatic heterocycles. The zero-order chi connectivity index (χ0) is 29.2. The van der Waals surface area contributed by atoms with Crippen LogP contribution in [0.15, 0.2) is 36.4 Å². The molecule has 0 saturated heterocycles. The SMILES string of the molecule is Cc1cccc(NCCCC(=O)NCC(=O)NC(CC(=O)OC(=O)C(F)(F)F)c2ccc(C)c([N+](=O)[O-])c2)n1. The number of nitrogens with one attached hydrogen (secondary N) is 3. The molecule has 1 heterocycles. The van der Waals surface area contributed by atoms with Crippen LogP contribution in [0.4, 0.5) is 24.7 Å². The van der Waals surface area contributed by atoms with Crippen LogP contribution in [0, 0.1) is 24.0 Å². The number of aryl methyl sites for hydroxylation is 2. The summed E-state index contributed by atoms with van der Waals surface area (Å²) < 4.78 is 41.1. The molecule has 1 aromatic carbocycles. The lowest BCUT2D eigenvalue weighted by molar-refractivity contribution is -0.385. The number of amides is 2. The summed E-state index contributed by atoms with van der Waals surface area (Å²) in [5.41, 5.74) is 0.708. The van der Waals surface area contributed by atoms with E-state index < -0.39 is 53.9 Å². The normalized spacial score (nSPS) is 11.7. The lowest BCUT2D eigenvalue weighted by Crippen LogP contribution is -2.39. The maximum absolute atomic E-state index is 12.4. The third-order valence-corrected chi connectivity index (χ3v) is 5.20. The van der Waals surface area contributed by atoms with Crippen molar-refractivity contribution in [1.29, 1.82) is 0 Å². The van der Waals surface area contributed by atoms with Crippen LogP contribution in [0.3, 0.4) is 0 Å². The Kier molecular flexibility index (Phi) is 10.9. The second kappa shape index (κ2) is 13.8. The molecule has 0 aliphatic carbocycles. The van der Waals surface area contributed by atoms with E-state index in [1.165, 1.54) is 19.1 Å². The van der Waals surface area contributed by atoms with E-state index in [1.54, 1.807) is 6.07 Å². The number of hydrogen-bond donors (Lipinski definition) is 3. The van der Waals surface area contributed by atoms with Gasteiger partial charge in [-0.25, -0.2) is 9.78 Å². The summed E-state index contributed by atoms with van der Waals surface area (Å²) in [4.78, 5) is 62.3. The van der Waals surface area contributed by atoms with Crippen molar-refractivity contribution in [2.75, 3.05) is 18.4 Å². The molecule has 1 unspecified atom stereocenters. The Hall–Kier alpha value is -4.56. The van der Waals surface area contributed by atoms with Crippen LogP contribution < -0.4 is 16.0 Å². The van der Waals surface area contributed by atoms with Crippen molar-refractivity contribution in [3.05, 3.63) is 63.3 Å². The average Bonchev–Trinajstić information content (AvgIpc) is 2.84. The maximum Gasteiger partial charge on any atom is 0.491 e. The Morgan fingerprint density at radius 2 is 1.82 bits per heavy atom. The van der Waals surface area contributed by atoms with E-state index in [-0.39, 0.29) is 23.2 Å². The predicted molar refractivity (Wildman–Crippen MR) is 130 cm³/mol. The number of hydrogen-bond acceptors (Lipinski definition) is 9. The standard InChI is InChI=1S/C24H26F3N5O7/c1-14-8-9-16(11-18(14)32(37)38)17(12-22(35)39-23(36)24(25,26)27)31-21(34)13-29-20(33)7-4-10-28-19-6-3-5-15(2)30-19/h3,5-6,8-9,11,17H,4,7,10,12-13H2,1-2H3,(H,28,30)(H,29,33)(H,31,34). The van der Waals surface area contributed by atoms with Crippen molar-refractivity contribution < 1.29 is 42.0 Å². The smallest absolute Gasteiger partial charge is 0.386 e. The second-order valence-electron chi connectivity index (χ2n) is 8.36. The van der Waals surface area contributed by atoms with Crippen LogP contribution in [-0.2, 0) is 23.9 Å². The van der Waals surface area contributed by atoms with Gasteiger partial charge in [0.25, 0.3) is 5.69 Å². The van der Waals surface area contributed by atoms with Gasteiger partial charge in [0, 0.05) is 30.3 Å². The molecule has 39 heavy (non-hydrogen) atoms. The minimum atomic E-state index is -5.42. The molecular weight excluding hydrogens is 527 g/mol. The van der Waals surface area contributed by atoms with Crippen LogP contribution in [0.25, 0.3) is 0 Å². The number of nitrogens with zero attached hydrogens (tertiary/aromatic N) is 2. The number of alkyl halides is 3. The number of nitro benzene ring substituents is 1. The number of halogens is 3. The fraction of sp³-hybridized carbons (Fsp3) is 0.375. The zero-order valence-corrected chi connectivity index (χ0v) is 21.0. The number of anilines is 1. The second-order valence-corrected chi connectivity index (χ2v) is 8.36. The minimum absolute atomic E-state index is 0.000725. The number of rotatable bonds is 12. The van der Waals surface area contributed by atoms with Gasteiger partial charge >= 0.3 is 18.1 Å². The highest BCUT2D eigenvalue weighted by Gasteiger charge is 2.42. The number of pyridine rings is 1. The minimum Gasteiger partial charge on any atom is -0.386 e. The van der Waals surface area contributed by atoms with Gasteiger partial charge in [-0.2, -0.15) is 13.2 Å². The molecule has 2 amide bonds. The number of ether oxygens (including phenoxy) is 1. The monoisotopic (exact) mass is 553 g/mol. The highest BCUT2D eigenvalue weighted by molar-refractivity contribution is 5.89. The van der Waals surface area contributed by atoms with Gasteiger partial charge < -0.3 is 20.7 Å². The Balaban J connectivity index is 1.97. The maximum atomic E-state index is 12.4. The molecule has 0 saturated carbocycles. The molecule has 0 bridgehead atoms. The molecule has 3 N–H and O–H groups in total. The summed E-state index contributed by atoms with van der Waals surface area (Å²) in [5.74, 6) is -5.03. The lowest BCUT2D eigenvalue weighted by atomic mass is 10.0. The van der Waals surface area contributed by atoms with Gasteiger partial charge in [0.05, 0.1) is 23.9 Å². The summed E-state index contributed by atoms with van der Waals surface area (Å²) in [5, 5.41) is 19.0. The van der Waals surface area contributed by atoms with Gasteiger partial charge in [-0.1, -0.05) is 18.2 Å².